The Morgan fingerprint density at radius 2 is 1.83 bits per heavy atom. The van der Waals surface area contributed by atoms with Crippen LogP contribution in [0.3, 0.4) is 0 Å². The Labute approximate surface area is 105 Å². The highest BCUT2D eigenvalue weighted by Gasteiger charge is 2.07. The Bertz CT molecular complexity index is 681. The molecule has 0 aliphatic rings. The van der Waals surface area contributed by atoms with Gasteiger partial charge in [0.1, 0.15) is 5.58 Å². The molecule has 0 saturated carbocycles. The Hall–Kier alpha value is -2.35. The highest BCUT2D eigenvalue weighted by Crippen LogP contribution is 2.24. The van der Waals surface area contributed by atoms with E-state index in [0.29, 0.717) is 5.76 Å². The molecule has 1 heterocycles. The van der Waals surface area contributed by atoms with Crippen LogP contribution in [-0.4, -0.2) is 6.29 Å². The zero-order valence-electron chi connectivity index (χ0n) is 9.80. The highest BCUT2D eigenvalue weighted by molar-refractivity contribution is 5.87. The second-order valence-electron chi connectivity index (χ2n) is 4.26. The van der Waals surface area contributed by atoms with Gasteiger partial charge in [-0.2, -0.15) is 0 Å². The second kappa shape index (κ2) is 4.49. The van der Waals surface area contributed by atoms with Crippen LogP contribution in [0.4, 0.5) is 0 Å². The zero-order chi connectivity index (χ0) is 12.4. The topological polar surface area (TPSA) is 30.2 Å². The lowest BCUT2D eigenvalue weighted by Gasteiger charge is -2.02. The molecule has 88 valence electrons. The van der Waals surface area contributed by atoms with Gasteiger partial charge < -0.3 is 4.42 Å². The molecule has 0 spiro atoms. The normalized spacial score (nSPS) is 10.7. The minimum atomic E-state index is 0.380. The molecule has 0 unspecified atom stereocenters. The average Bonchev–Trinajstić information content (AvgIpc) is 2.84. The highest BCUT2D eigenvalue weighted by atomic mass is 16.3. The lowest BCUT2D eigenvalue weighted by molar-refractivity contribution is 0.110. The number of rotatable bonds is 3. The van der Waals surface area contributed by atoms with E-state index >= 15 is 0 Å². The summed E-state index contributed by atoms with van der Waals surface area (Å²) in [4.78, 5) is 10.8. The number of benzene rings is 2. The van der Waals surface area contributed by atoms with Crippen LogP contribution in [0.2, 0.25) is 0 Å². The first-order valence-electron chi connectivity index (χ1n) is 5.87. The van der Waals surface area contributed by atoms with Crippen LogP contribution in [0.1, 0.15) is 21.7 Å². The lowest BCUT2D eigenvalue weighted by atomic mass is 10.0. The van der Waals surface area contributed by atoms with E-state index in [-0.39, 0.29) is 0 Å². The summed E-state index contributed by atoms with van der Waals surface area (Å²) in [7, 11) is 0. The Balaban J connectivity index is 2.06. The van der Waals surface area contributed by atoms with Gasteiger partial charge in [-0.1, -0.05) is 42.5 Å². The van der Waals surface area contributed by atoms with Crippen molar-refractivity contribution >= 4 is 17.3 Å². The van der Waals surface area contributed by atoms with E-state index in [1.165, 1.54) is 11.1 Å². The van der Waals surface area contributed by atoms with Crippen LogP contribution in [0.25, 0.3) is 11.0 Å². The fourth-order valence-electron chi connectivity index (χ4n) is 2.17. The van der Waals surface area contributed by atoms with Crippen LogP contribution in [0, 0.1) is 0 Å². The van der Waals surface area contributed by atoms with Gasteiger partial charge >= 0.3 is 0 Å². The summed E-state index contributed by atoms with van der Waals surface area (Å²) in [5.41, 5.74) is 3.19. The molecule has 0 amide bonds. The molecule has 0 N–H and O–H groups in total. The van der Waals surface area contributed by atoms with Gasteiger partial charge in [-0.05, 0) is 29.7 Å². The van der Waals surface area contributed by atoms with E-state index in [4.69, 9.17) is 4.42 Å². The van der Waals surface area contributed by atoms with Gasteiger partial charge in [-0.25, -0.2) is 0 Å². The monoisotopic (exact) mass is 236 g/mol. The summed E-state index contributed by atoms with van der Waals surface area (Å²) in [5, 5.41) is 1.02. The van der Waals surface area contributed by atoms with Crippen LogP contribution >= 0.6 is 0 Å². The molecule has 2 nitrogen and oxygen atoms in total. The minimum Gasteiger partial charge on any atom is -0.453 e. The average molecular weight is 236 g/mol. The first kappa shape index (κ1) is 10.8. The van der Waals surface area contributed by atoms with Crippen molar-refractivity contribution in [1.29, 1.82) is 0 Å². The third-order valence-electron chi connectivity index (χ3n) is 3.02. The van der Waals surface area contributed by atoms with Crippen molar-refractivity contribution in [2.45, 2.75) is 6.42 Å². The summed E-state index contributed by atoms with van der Waals surface area (Å²) in [5.74, 6) is 0.380. The maximum Gasteiger partial charge on any atom is 0.185 e. The van der Waals surface area contributed by atoms with Gasteiger partial charge in [-0.3, -0.25) is 4.79 Å². The van der Waals surface area contributed by atoms with E-state index in [0.717, 1.165) is 23.7 Å². The van der Waals surface area contributed by atoms with Gasteiger partial charge in [0.05, 0.1) is 0 Å². The molecule has 0 bridgehead atoms. The molecule has 3 rings (SSSR count). The van der Waals surface area contributed by atoms with Crippen LogP contribution in [0.5, 0.6) is 0 Å². The standard InChI is InChI=1S/C16H12O2/c17-11-14-10-15-13(7-4-8-16(15)18-14)9-12-5-2-1-3-6-12/h1-8,10-11H,9H2. The van der Waals surface area contributed by atoms with E-state index in [2.05, 4.69) is 18.2 Å². The van der Waals surface area contributed by atoms with Crippen molar-refractivity contribution in [3.8, 4) is 0 Å². The second-order valence-corrected chi connectivity index (χ2v) is 4.26. The molecule has 0 aliphatic carbocycles. The van der Waals surface area contributed by atoms with E-state index in [1.807, 2.05) is 30.3 Å². The van der Waals surface area contributed by atoms with Crippen LogP contribution < -0.4 is 0 Å². The van der Waals surface area contributed by atoms with Crippen molar-refractivity contribution in [3.63, 3.8) is 0 Å². The largest absolute Gasteiger partial charge is 0.453 e. The molecule has 3 aromatic rings. The molecule has 0 atom stereocenters. The van der Waals surface area contributed by atoms with Gasteiger partial charge in [-0.15, -0.1) is 0 Å². The first-order valence-corrected chi connectivity index (χ1v) is 5.87. The van der Waals surface area contributed by atoms with E-state index < -0.39 is 0 Å². The number of carbonyl (C=O) groups excluding carboxylic acids is 1. The molecule has 0 fully saturated rings. The summed E-state index contributed by atoms with van der Waals surface area (Å²) in [6.07, 6.45) is 1.59. The summed E-state index contributed by atoms with van der Waals surface area (Å²) >= 11 is 0. The third-order valence-corrected chi connectivity index (χ3v) is 3.02. The van der Waals surface area contributed by atoms with Gasteiger partial charge in [0.25, 0.3) is 0 Å². The molecule has 0 aliphatic heterocycles. The predicted molar refractivity (Wildman–Crippen MR) is 70.8 cm³/mol. The summed E-state index contributed by atoms with van der Waals surface area (Å²) in [6.45, 7) is 0. The smallest absolute Gasteiger partial charge is 0.185 e. The van der Waals surface area contributed by atoms with Crippen molar-refractivity contribution < 1.29 is 9.21 Å². The third kappa shape index (κ3) is 1.93. The van der Waals surface area contributed by atoms with Gasteiger partial charge in [0, 0.05) is 5.39 Å². The Morgan fingerprint density at radius 3 is 2.61 bits per heavy atom. The molecule has 0 saturated heterocycles. The summed E-state index contributed by atoms with van der Waals surface area (Å²) < 4.78 is 5.43. The fourth-order valence-corrected chi connectivity index (χ4v) is 2.17. The number of furan rings is 1. The number of carbonyl (C=O) groups is 1. The van der Waals surface area contributed by atoms with Crippen molar-refractivity contribution in [3.05, 3.63) is 71.5 Å². The molecule has 2 aromatic carbocycles. The maximum atomic E-state index is 10.8. The van der Waals surface area contributed by atoms with E-state index in [1.54, 1.807) is 6.07 Å². The molecular weight excluding hydrogens is 224 g/mol. The molecule has 18 heavy (non-hydrogen) atoms. The molecular formula is C16H12O2. The van der Waals surface area contributed by atoms with Crippen molar-refractivity contribution in [2.24, 2.45) is 0 Å². The fraction of sp³-hybridized carbons (Fsp3) is 0.0625. The van der Waals surface area contributed by atoms with E-state index in [9.17, 15) is 4.79 Å². The SMILES string of the molecule is O=Cc1cc2c(Cc3ccccc3)cccc2o1. The minimum absolute atomic E-state index is 0.380. The van der Waals surface area contributed by atoms with Crippen LogP contribution in [0.15, 0.2) is 59.0 Å². The molecule has 0 radical (unpaired) electrons. The predicted octanol–water partition coefficient (Wildman–Crippen LogP) is 3.84. The zero-order valence-corrected chi connectivity index (χ0v) is 9.80. The van der Waals surface area contributed by atoms with Crippen molar-refractivity contribution in [1.82, 2.24) is 0 Å². The Kier molecular flexibility index (Phi) is 2.69. The maximum absolute atomic E-state index is 10.8. The number of hydrogen-bond donors (Lipinski definition) is 0. The summed E-state index contributed by atoms with van der Waals surface area (Å²) in [6, 6.07) is 18.0. The molecule has 1 aromatic heterocycles. The van der Waals surface area contributed by atoms with Crippen molar-refractivity contribution in [2.75, 3.05) is 0 Å². The number of hydrogen-bond acceptors (Lipinski definition) is 2. The lowest BCUT2D eigenvalue weighted by Crippen LogP contribution is -1.87. The quantitative estimate of drug-likeness (QED) is 0.647. The molecule has 2 heteroatoms. The van der Waals surface area contributed by atoms with Gasteiger partial charge in [0.15, 0.2) is 12.0 Å². The number of aldehydes is 1. The van der Waals surface area contributed by atoms with Crippen LogP contribution in [-0.2, 0) is 6.42 Å². The first-order chi connectivity index (χ1) is 8.86. The number of fused-ring (bicyclic) bond motifs is 1. The van der Waals surface area contributed by atoms with Gasteiger partial charge in [0.2, 0.25) is 0 Å². The Morgan fingerprint density at radius 1 is 1.00 bits per heavy atom.